The molecule has 0 amide bonds. The van der Waals surface area contributed by atoms with Gasteiger partial charge in [0.2, 0.25) is 0 Å². The van der Waals surface area contributed by atoms with Gasteiger partial charge in [-0.2, -0.15) is 0 Å². The Bertz CT molecular complexity index is 381. The van der Waals surface area contributed by atoms with E-state index in [1.807, 2.05) is 0 Å². The van der Waals surface area contributed by atoms with Crippen LogP contribution in [0.1, 0.15) is 24.4 Å². The van der Waals surface area contributed by atoms with Gasteiger partial charge in [-0.3, -0.25) is 0 Å². The molecule has 2 rings (SSSR count). The van der Waals surface area contributed by atoms with Gasteiger partial charge >= 0.3 is 0 Å². The molecule has 0 spiro atoms. The minimum Gasteiger partial charge on any atom is -0.548 e. The summed E-state index contributed by atoms with van der Waals surface area (Å²) in [6, 6.07) is 5.54. The van der Waals surface area contributed by atoms with Crippen LogP contribution in [0.3, 0.4) is 0 Å². The Hall–Kier alpha value is -1.42. The lowest BCUT2D eigenvalue weighted by atomic mass is 10.0. The zero-order valence-corrected chi connectivity index (χ0v) is 8.07. The average molecular weight is 208 g/mol. The van der Waals surface area contributed by atoms with Gasteiger partial charge in [0.05, 0.1) is 5.97 Å². The molecule has 1 aromatic rings. The summed E-state index contributed by atoms with van der Waals surface area (Å²) in [5, 5.41) is 13.4. The lowest BCUT2D eigenvalue weighted by Gasteiger charge is -2.15. The Morgan fingerprint density at radius 2 is 2.13 bits per heavy atom. The van der Waals surface area contributed by atoms with Crippen LogP contribution in [0.25, 0.3) is 0 Å². The molecule has 0 radical (unpaired) electrons. The predicted molar refractivity (Wildman–Crippen MR) is 50.3 cm³/mol. The molecule has 1 aliphatic rings. The van der Waals surface area contributed by atoms with Crippen LogP contribution < -0.4 is 10.4 Å². The van der Waals surface area contributed by atoms with E-state index >= 15 is 0 Å². The Morgan fingerprint density at radius 1 is 1.40 bits per heavy atom. The standard InChI is InChI=1S/C11H12FNO2/c12-8-4-2-1-3-7(8)9-5-6-10(13-9)11(14)15/h1-4,9-10,13H,5-6H2,(H,14,15)/p-1. The fraction of sp³-hybridized carbons (Fsp3) is 0.364. The molecule has 0 bridgehead atoms. The number of hydrogen-bond donors (Lipinski definition) is 1. The first-order valence-corrected chi connectivity index (χ1v) is 4.90. The van der Waals surface area contributed by atoms with Crippen LogP contribution >= 0.6 is 0 Å². The Labute approximate surface area is 86.9 Å². The summed E-state index contributed by atoms with van der Waals surface area (Å²) < 4.78 is 13.4. The fourth-order valence-corrected chi connectivity index (χ4v) is 1.93. The van der Waals surface area contributed by atoms with Gasteiger partial charge in [-0.25, -0.2) is 4.39 Å². The molecule has 3 nitrogen and oxygen atoms in total. The predicted octanol–water partition coefficient (Wildman–Crippen LogP) is 0.369. The summed E-state index contributed by atoms with van der Waals surface area (Å²) in [5.41, 5.74) is 0.529. The third-order valence-electron chi connectivity index (χ3n) is 2.71. The minimum atomic E-state index is -1.12. The van der Waals surface area contributed by atoms with E-state index in [-0.39, 0.29) is 11.9 Å². The van der Waals surface area contributed by atoms with Crippen molar-refractivity contribution in [3.05, 3.63) is 35.6 Å². The summed E-state index contributed by atoms with van der Waals surface area (Å²) in [6.07, 6.45) is 1.11. The van der Waals surface area contributed by atoms with Gasteiger partial charge in [0.15, 0.2) is 0 Å². The van der Waals surface area contributed by atoms with Crippen molar-refractivity contribution >= 4 is 5.97 Å². The highest BCUT2D eigenvalue weighted by molar-refractivity contribution is 5.71. The number of rotatable bonds is 2. The van der Waals surface area contributed by atoms with Crippen molar-refractivity contribution in [3.8, 4) is 0 Å². The molecule has 1 N–H and O–H groups in total. The summed E-state index contributed by atoms with van der Waals surface area (Å²) in [6.45, 7) is 0. The summed E-state index contributed by atoms with van der Waals surface area (Å²) >= 11 is 0. The highest BCUT2D eigenvalue weighted by atomic mass is 19.1. The number of halogens is 1. The molecule has 4 heteroatoms. The van der Waals surface area contributed by atoms with E-state index in [4.69, 9.17) is 0 Å². The molecule has 0 saturated carbocycles. The van der Waals surface area contributed by atoms with Gasteiger partial charge in [0.25, 0.3) is 0 Å². The van der Waals surface area contributed by atoms with E-state index in [9.17, 15) is 14.3 Å². The molecule has 1 heterocycles. The maximum absolute atomic E-state index is 13.4. The molecule has 2 atom stereocenters. The second kappa shape index (κ2) is 3.98. The molecular formula is C11H11FNO2-. The van der Waals surface area contributed by atoms with Gasteiger partial charge in [0, 0.05) is 17.6 Å². The van der Waals surface area contributed by atoms with Crippen molar-refractivity contribution in [2.45, 2.75) is 24.9 Å². The largest absolute Gasteiger partial charge is 0.548 e. The van der Waals surface area contributed by atoms with Crippen LogP contribution in [-0.4, -0.2) is 12.0 Å². The highest BCUT2D eigenvalue weighted by Gasteiger charge is 2.26. The van der Waals surface area contributed by atoms with Gasteiger partial charge < -0.3 is 15.2 Å². The van der Waals surface area contributed by atoms with E-state index < -0.39 is 12.0 Å². The zero-order valence-electron chi connectivity index (χ0n) is 8.07. The first kappa shape index (κ1) is 10.1. The minimum absolute atomic E-state index is 0.214. The number of hydrogen-bond acceptors (Lipinski definition) is 3. The molecule has 1 aromatic carbocycles. The van der Waals surface area contributed by atoms with Crippen LogP contribution in [-0.2, 0) is 4.79 Å². The molecule has 15 heavy (non-hydrogen) atoms. The molecule has 0 aromatic heterocycles. The summed E-state index contributed by atoms with van der Waals surface area (Å²) in [4.78, 5) is 10.6. The third kappa shape index (κ3) is 1.99. The molecule has 1 aliphatic heterocycles. The van der Waals surface area contributed by atoms with Crippen LogP contribution in [0, 0.1) is 5.82 Å². The molecule has 0 aliphatic carbocycles. The summed E-state index contributed by atoms with van der Waals surface area (Å²) in [7, 11) is 0. The van der Waals surface area contributed by atoms with Gasteiger partial charge in [-0.1, -0.05) is 18.2 Å². The lowest BCUT2D eigenvalue weighted by molar-refractivity contribution is -0.308. The van der Waals surface area contributed by atoms with Gasteiger partial charge in [-0.05, 0) is 18.9 Å². The maximum Gasteiger partial charge on any atom is 0.127 e. The first-order valence-electron chi connectivity index (χ1n) is 4.90. The van der Waals surface area contributed by atoms with Crippen molar-refractivity contribution in [2.24, 2.45) is 0 Å². The van der Waals surface area contributed by atoms with Crippen LogP contribution in [0.2, 0.25) is 0 Å². The zero-order chi connectivity index (χ0) is 10.8. The lowest BCUT2D eigenvalue weighted by Crippen LogP contribution is -2.42. The quantitative estimate of drug-likeness (QED) is 0.763. The van der Waals surface area contributed by atoms with Crippen LogP contribution in [0.4, 0.5) is 4.39 Å². The topological polar surface area (TPSA) is 52.2 Å². The number of nitrogens with one attached hydrogen (secondary N) is 1. The SMILES string of the molecule is O=C([O-])C1CCC(c2ccccc2F)N1. The molecule has 1 saturated heterocycles. The Kier molecular flexibility index (Phi) is 2.68. The van der Waals surface area contributed by atoms with E-state index in [2.05, 4.69) is 5.32 Å². The van der Waals surface area contributed by atoms with Crippen molar-refractivity contribution in [3.63, 3.8) is 0 Å². The Balaban J connectivity index is 2.14. The van der Waals surface area contributed by atoms with E-state index in [0.29, 0.717) is 18.4 Å². The average Bonchev–Trinajstić information content (AvgIpc) is 2.67. The number of carboxylic acids is 1. The van der Waals surface area contributed by atoms with Gasteiger partial charge in [-0.15, -0.1) is 0 Å². The second-order valence-corrected chi connectivity index (χ2v) is 3.69. The normalized spacial score (nSPS) is 25.4. The van der Waals surface area contributed by atoms with Crippen LogP contribution in [0.5, 0.6) is 0 Å². The molecule has 1 fully saturated rings. The number of carbonyl (C=O) groups is 1. The number of carbonyl (C=O) groups excluding carboxylic acids is 1. The third-order valence-corrected chi connectivity index (χ3v) is 2.71. The van der Waals surface area contributed by atoms with E-state index in [1.165, 1.54) is 6.07 Å². The van der Waals surface area contributed by atoms with E-state index in [1.54, 1.807) is 18.2 Å². The van der Waals surface area contributed by atoms with Crippen molar-refractivity contribution in [1.82, 2.24) is 5.32 Å². The number of benzene rings is 1. The van der Waals surface area contributed by atoms with Crippen molar-refractivity contribution in [2.75, 3.05) is 0 Å². The van der Waals surface area contributed by atoms with E-state index in [0.717, 1.165) is 0 Å². The summed E-state index contributed by atoms with van der Waals surface area (Å²) in [5.74, 6) is -1.41. The van der Waals surface area contributed by atoms with Crippen molar-refractivity contribution < 1.29 is 14.3 Å². The second-order valence-electron chi connectivity index (χ2n) is 3.69. The monoisotopic (exact) mass is 208 g/mol. The Morgan fingerprint density at radius 3 is 2.73 bits per heavy atom. The highest BCUT2D eigenvalue weighted by Crippen LogP contribution is 2.27. The molecule has 2 unspecified atom stereocenters. The number of carboxylic acid groups (broad SMARTS) is 1. The van der Waals surface area contributed by atoms with Crippen LogP contribution in [0.15, 0.2) is 24.3 Å². The number of aliphatic carboxylic acids is 1. The smallest absolute Gasteiger partial charge is 0.127 e. The fourth-order valence-electron chi connectivity index (χ4n) is 1.93. The molecular weight excluding hydrogens is 197 g/mol. The molecule has 80 valence electrons. The van der Waals surface area contributed by atoms with Crippen molar-refractivity contribution in [1.29, 1.82) is 0 Å². The van der Waals surface area contributed by atoms with Gasteiger partial charge in [0.1, 0.15) is 5.82 Å². The maximum atomic E-state index is 13.4. The first-order chi connectivity index (χ1) is 7.18.